The average molecular weight is 266 g/mol. The van der Waals surface area contributed by atoms with Gasteiger partial charge >= 0.3 is 0 Å². The highest BCUT2D eigenvalue weighted by atomic mass is 16.2. The van der Waals surface area contributed by atoms with Crippen LogP contribution in [0.15, 0.2) is 0 Å². The Morgan fingerprint density at radius 2 is 2.00 bits per heavy atom. The zero-order valence-corrected chi connectivity index (χ0v) is 12.3. The maximum absolute atomic E-state index is 12.7. The Labute approximate surface area is 115 Å². The van der Waals surface area contributed by atoms with E-state index in [0.717, 1.165) is 6.42 Å². The molecule has 108 valence electrons. The van der Waals surface area contributed by atoms with E-state index in [9.17, 15) is 9.59 Å². The van der Waals surface area contributed by atoms with Crippen molar-refractivity contribution in [2.45, 2.75) is 65.0 Å². The number of rotatable bonds is 4. The van der Waals surface area contributed by atoms with Crippen molar-refractivity contribution in [3.63, 3.8) is 0 Å². The first-order valence-electron chi connectivity index (χ1n) is 7.64. The lowest BCUT2D eigenvalue weighted by Crippen LogP contribution is -2.52. The quantitative estimate of drug-likeness (QED) is 0.845. The predicted molar refractivity (Wildman–Crippen MR) is 74.5 cm³/mol. The minimum absolute atomic E-state index is 0.0157. The van der Waals surface area contributed by atoms with E-state index in [1.165, 1.54) is 19.3 Å². The number of carbonyl (C=O) groups is 2. The van der Waals surface area contributed by atoms with Crippen molar-refractivity contribution in [2.75, 3.05) is 6.54 Å². The fraction of sp³-hybridized carbons (Fsp3) is 0.867. The van der Waals surface area contributed by atoms with E-state index in [1.54, 1.807) is 0 Å². The largest absolute Gasteiger partial charge is 0.344 e. The minimum Gasteiger partial charge on any atom is -0.344 e. The first-order valence-corrected chi connectivity index (χ1v) is 7.64. The normalized spacial score (nSPS) is 28.4. The van der Waals surface area contributed by atoms with Crippen LogP contribution >= 0.6 is 0 Å². The molecule has 0 aromatic rings. The zero-order valence-electron chi connectivity index (χ0n) is 12.3. The Balaban J connectivity index is 2.13. The van der Waals surface area contributed by atoms with Crippen molar-refractivity contribution >= 4 is 11.8 Å². The van der Waals surface area contributed by atoms with Crippen LogP contribution in [-0.2, 0) is 9.59 Å². The summed E-state index contributed by atoms with van der Waals surface area (Å²) in [5.41, 5.74) is 0. The van der Waals surface area contributed by atoms with Gasteiger partial charge in [0.1, 0.15) is 6.04 Å². The van der Waals surface area contributed by atoms with Gasteiger partial charge in [-0.1, -0.05) is 26.7 Å². The SMILES string of the molecule is CCC(C)C1NC(=O)CCN(C(C)C2CCC2)C1=O. The molecular weight excluding hydrogens is 240 g/mol. The zero-order chi connectivity index (χ0) is 14.0. The van der Waals surface area contributed by atoms with Gasteiger partial charge in [-0.15, -0.1) is 0 Å². The first kappa shape index (κ1) is 14.4. The maximum Gasteiger partial charge on any atom is 0.245 e. The second kappa shape index (κ2) is 5.93. The van der Waals surface area contributed by atoms with Crippen molar-refractivity contribution in [3.05, 3.63) is 0 Å². The smallest absolute Gasteiger partial charge is 0.245 e. The Bertz CT molecular complexity index is 352. The fourth-order valence-electron chi connectivity index (χ4n) is 3.02. The lowest BCUT2D eigenvalue weighted by atomic mass is 9.79. The molecule has 1 saturated carbocycles. The summed E-state index contributed by atoms with van der Waals surface area (Å²) in [6, 6.07) is -0.0527. The molecule has 2 aliphatic rings. The Hall–Kier alpha value is -1.06. The fourth-order valence-corrected chi connectivity index (χ4v) is 3.02. The number of nitrogens with zero attached hydrogens (tertiary/aromatic N) is 1. The molecule has 0 spiro atoms. The Kier molecular flexibility index (Phi) is 4.48. The third kappa shape index (κ3) is 2.93. The molecule has 3 unspecified atom stereocenters. The van der Waals surface area contributed by atoms with Gasteiger partial charge in [0, 0.05) is 19.0 Å². The van der Waals surface area contributed by atoms with Crippen LogP contribution in [0.2, 0.25) is 0 Å². The summed E-state index contributed by atoms with van der Waals surface area (Å²) >= 11 is 0. The molecule has 19 heavy (non-hydrogen) atoms. The highest BCUT2D eigenvalue weighted by Crippen LogP contribution is 2.33. The molecule has 4 heteroatoms. The molecule has 1 N–H and O–H groups in total. The monoisotopic (exact) mass is 266 g/mol. The number of amides is 2. The van der Waals surface area contributed by atoms with Crippen molar-refractivity contribution in [1.29, 1.82) is 0 Å². The van der Waals surface area contributed by atoms with Gasteiger partial charge in [-0.05, 0) is 31.6 Å². The van der Waals surface area contributed by atoms with Crippen LogP contribution in [0.1, 0.15) is 52.9 Å². The van der Waals surface area contributed by atoms with Gasteiger partial charge in [0.05, 0.1) is 0 Å². The molecule has 0 bridgehead atoms. The average Bonchev–Trinajstić information content (AvgIpc) is 2.46. The number of hydrogen-bond acceptors (Lipinski definition) is 2. The van der Waals surface area contributed by atoms with Crippen LogP contribution in [-0.4, -0.2) is 35.3 Å². The lowest BCUT2D eigenvalue weighted by molar-refractivity contribution is -0.138. The summed E-state index contributed by atoms with van der Waals surface area (Å²) in [6.07, 6.45) is 5.07. The van der Waals surface area contributed by atoms with Crippen LogP contribution < -0.4 is 5.32 Å². The van der Waals surface area contributed by atoms with E-state index in [4.69, 9.17) is 0 Å². The number of nitrogens with one attached hydrogen (secondary N) is 1. The van der Waals surface area contributed by atoms with Gasteiger partial charge in [-0.25, -0.2) is 0 Å². The highest BCUT2D eigenvalue weighted by molar-refractivity contribution is 5.90. The molecule has 1 aliphatic carbocycles. The third-order valence-corrected chi connectivity index (χ3v) is 4.98. The van der Waals surface area contributed by atoms with E-state index < -0.39 is 0 Å². The summed E-state index contributed by atoms with van der Waals surface area (Å²) in [4.78, 5) is 26.4. The summed E-state index contributed by atoms with van der Waals surface area (Å²) < 4.78 is 0. The number of carbonyl (C=O) groups excluding carboxylic acids is 2. The van der Waals surface area contributed by atoms with Crippen molar-refractivity contribution in [2.24, 2.45) is 11.8 Å². The molecule has 0 aromatic carbocycles. The Morgan fingerprint density at radius 1 is 1.32 bits per heavy atom. The molecule has 2 fully saturated rings. The van der Waals surface area contributed by atoms with Crippen molar-refractivity contribution in [1.82, 2.24) is 10.2 Å². The van der Waals surface area contributed by atoms with E-state index in [0.29, 0.717) is 18.9 Å². The second-order valence-electron chi connectivity index (χ2n) is 6.14. The number of hydrogen-bond donors (Lipinski definition) is 1. The molecule has 2 rings (SSSR count). The first-order chi connectivity index (χ1) is 9.04. The molecule has 1 aliphatic heterocycles. The molecule has 4 nitrogen and oxygen atoms in total. The molecular formula is C15H26N2O2. The molecule has 2 amide bonds. The van der Waals surface area contributed by atoms with Crippen LogP contribution in [0.25, 0.3) is 0 Å². The van der Waals surface area contributed by atoms with Crippen LogP contribution in [0.3, 0.4) is 0 Å². The molecule has 1 heterocycles. The molecule has 0 aromatic heterocycles. The van der Waals surface area contributed by atoms with Gasteiger partial charge in [-0.3, -0.25) is 9.59 Å². The minimum atomic E-state index is -0.331. The van der Waals surface area contributed by atoms with Crippen molar-refractivity contribution < 1.29 is 9.59 Å². The summed E-state index contributed by atoms with van der Waals surface area (Å²) in [7, 11) is 0. The molecule has 1 saturated heterocycles. The van der Waals surface area contributed by atoms with Crippen LogP contribution in [0.5, 0.6) is 0 Å². The maximum atomic E-state index is 12.7. The third-order valence-electron chi connectivity index (χ3n) is 4.98. The van der Waals surface area contributed by atoms with Crippen molar-refractivity contribution in [3.8, 4) is 0 Å². The predicted octanol–water partition coefficient (Wildman–Crippen LogP) is 1.94. The summed E-state index contributed by atoms with van der Waals surface area (Å²) in [6.45, 7) is 6.83. The lowest BCUT2D eigenvalue weighted by Gasteiger charge is -2.40. The van der Waals surface area contributed by atoms with E-state index in [1.807, 2.05) is 11.8 Å². The summed E-state index contributed by atoms with van der Waals surface area (Å²) in [5.74, 6) is 0.974. The van der Waals surface area contributed by atoms with E-state index in [2.05, 4.69) is 19.2 Å². The molecule has 0 radical (unpaired) electrons. The van der Waals surface area contributed by atoms with Gasteiger partial charge in [0.25, 0.3) is 0 Å². The Morgan fingerprint density at radius 3 is 2.53 bits per heavy atom. The van der Waals surface area contributed by atoms with E-state index >= 15 is 0 Å². The van der Waals surface area contributed by atoms with Crippen LogP contribution in [0.4, 0.5) is 0 Å². The van der Waals surface area contributed by atoms with Gasteiger partial charge in [0.15, 0.2) is 0 Å². The van der Waals surface area contributed by atoms with Gasteiger partial charge < -0.3 is 10.2 Å². The van der Waals surface area contributed by atoms with Gasteiger partial charge in [0.2, 0.25) is 11.8 Å². The standard InChI is InChI=1S/C15H26N2O2/c1-4-10(2)14-15(19)17(9-8-13(18)16-14)11(3)12-6-5-7-12/h10-12,14H,4-9H2,1-3H3,(H,16,18). The summed E-state index contributed by atoms with van der Waals surface area (Å²) in [5, 5.41) is 2.91. The van der Waals surface area contributed by atoms with E-state index in [-0.39, 0.29) is 29.8 Å². The molecule has 3 atom stereocenters. The van der Waals surface area contributed by atoms with Gasteiger partial charge in [-0.2, -0.15) is 0 Å². The second-order valence-corrected chi connectivity index (χ2v) is 6.14. The van der Waals surface area contributed by atoms with Crippen LogP contribution in [0, 0.1) is 11.8 Å². The highest BCUT2D eigenvalue weighted by Gasteiger charge is 2.38. The topological polar surface area (TPSA) is 49.4 Å².